The van der Waals surface area contributed by atoms with Gasteiger partial charge in [-0.2, -0.15) is 0 Å². The molecule has 1 rings (SSSR count). The third kappa shape index (κ3) is 3.72. The van der Waals surface area contributed by atoms with Crippen LogP contribution in [0.5, 0.6) is 0 Å². The number of halogens is 1. The van der Waals surface area contributed by atoms with Crippen molar-refractivity contribution in [2.45, 2.75) is 24.3 Å². The Hall–Kier alpha value is -1.51. The van der Waals surface area contributed by atoms with Gasteiger partial charge in [0.05, 0.1) is 17.1 Å². The Morgan fingerprint density at radius 3 is 2.58 bits per heavy atom. The minimum Gasteiger partial charge on any atom is -0.478 e. The average molecular weight is 291 g/mol. The zero-order valence-corrected chi connectivity index (χ0v) is 10.9. The molecule has 0 heterocycles. The van der Waals surface area contributed by atoms with Gasteiger partial charge in [-0.15, -0.1) is 0 Å². The van der Waals surface area contributed by atoms with E-state index in [0.717, 1.165) is 18.2 Å². The highest BCUT2D eigenvalue weighted by Gasteiger charge is 2.21. The first-order chi connectivity index (χ1) is 8.81. The molecule has 0 amide bonds. The van der Waals surface area contributed by atoms with Crippen LogP contribution in [0.1, 0.15) is 23.7 Å². The second-order valence-electron chi connectivity index (χ2n) is 3.86. The van der Waals surface area contributed by atoms with Gasteiger partial charge in [0.25, 0.3) is 0 Å². The van der Waals surface area contributed by atoms with E-state index in [1.807, 2.05) is 0 Å². The average Bonchev–Trinajstić information content (AvgIpc) is 2.35. The predicted octanol–water partition coefficient (Wildman–Crippen LogP) is 0.573. The third-order valence-corrected chi connectivity index (χ3v) is 4.03. The maximum Gasteiger partial charge on any atom is 0.338 e. The summed E-state index contributed by atoms with van der Waals surface area (Å²) in [6.45, 7) is 1.29. The highest BCUT2D eigenvalue weighted by Crippen LogP contribution is 2.15. The van der Waals surface area contributed by atoms with Gasteiger partial charge < -0.3 is 10.2 Å². The molecule has 6 nitrogen and oxygen atoms in total. The first-order valence-electron chi connectivity index (χ1n) is 5.47. The van der Waals surface area contributed by atoms with Crippen molar-refractivity contribution in [2.75, 3.05) is 6.61 Å². The van der Waals surface area contributed by atoms with Crippen LogP contribution in [-0.2, 0) is 10.0 Å². The topological polar surface area (TPSA) is 104 Å². The number of carbonyl (C=O) groups is 1. The molecule has 0 fully saturated rings. The zero-order valence-electron chi connectivity index (χ0n) is 10.1. The SMILES string of the molecule is CC[C@H](CO)NS(=O)(=O)c1ccc(F)c(C(=O)O)c1. The minimum atomic E-state index is -4.00. The molecule has 3 N–H and O–H groups in total. The molecule has 0 radical (unpaired) electrons. The van der Waals surface area contributed by atoms with Crippen LogP contribution in [-0.4, -0.2) is 37.2 Å². The van der Waals surface area contributed by atoms with E-state index in [1.54, 1.807) is 6.92 Å². The van der Waals surface area contributed by atoms with Gasteiger partial charge in [0.2, 0.25) is 10.0 Å². The molecular weight excluding hydrogens is 277 g/mol. The predicted molar refractivity (Wildman–Crippen MR) is 64.8 cm³/mol. The minimum absolute atomic E-state index is 0.363. The van der Waals surface area contributed by atoms with Gasteiger partial charge in [-0.05, 0) is 24.6 Å². The second kappa shape index (κ2) is 6.09. The van der Waals surface area contributed by atoms with Crippen molar-refractivity contribution in [3.05, 3.63) is 29.6 Å². The van der Waals surface area contributed by atoms with E-state index in [9.17, 15) is 17.6 Å². The number of carboxylic acids is 1. The Morgan fingerprint density at radius 2 is 2.11 bits per heavy atom. The van der Waals surface area contributed by atoms with E-state index < -0.39 is 33.4 Å². The molecule has 0 aromatic heterocycles. The second-order valence-corrected chi connectivity index (χ2v) is 5.57. The largest absolute Gasteiger partial charge is 0.478 e. The van der Waals surface area contributed by atoms with Crippen molar-refractivity contribution in [1.82, 2.24) is 4.72 Å². The molecule has 0 unspecified atom stereocenters. The lowest BCUT2D eigenvalue weighted by molar-refractivity contribution is 0.0691. The lowest BCUT2D eigenvalue weighted by Gasteiger charge is -2.14. The molecule has 1 aromatic carbocycles. The Morgan fingerprint density at radius 1 is 1.47 bits per heavy atom. The molecule has 0 spiro atoms. The molecule has 19 heavy (non-hydrogen) atoms. The molecule has 0 bridgehead atoms. The highest BCUT2D eigenvalue weighted by atomic mass is 32.2. The monoisotopic (exact) mass is 291 g/mol. The van der Waals surface area contributed by atoms with Crippen LogP contribution in [0.25, 0.3) is 0 Å². The fourth-order valence-electron chi connectivity index (χ4n) is 1.37. The van der Waals surface area contributed by atoms with Crippen molar-refractivity contribution in [3.63, 3.8) is 0 Å². The maximum atomic E-state index is 13.2. The number of rotatable bonds is 6. The number of nitrogens with one attached hydrogen (secondary N) is 1. The lowest BCUT2D eigenvalue weighted by atomic mass is 10.2. The summed E-state index contributed by atoms with van der Waals surface area (Å²) in [4.78, 5) is 10.4. The highest BCUT2D eigenvalue weighted by molar-refractivity contribution is 7.89. The summed E-state index contributed by atoms with van der Waals surface area (Å²) >= 11 is 0. The summed E-state index contributed by atoms with van der Waals surface area (Å²) in [5.74, 6) is -2.57. The first kappa shape index (κ1) is 15.5. The number of aromatic carboxylic acids is 1. The number of carboxylic acid groups (broad SMARTS) is 1. The summed E-state index contributed by atoms with van der Waals surface area (Å²) in [5, 5.41) is 17.7. The molecular formula is C11H14FNO5S. The van der Waals surface area contributed by atoms with Crippen molar-refractivity contribution in [3.8, 4) is 0 Å². The van der Waals surface area contributed by atoms with Crippen LogP contribution in [0.3, 0.4) is 0 Å². The summed E-state index contributed by atoms with van der Waals surface area (Å²) in [6.07, 6.45) is 0.364. The van der Waals surface area contributed by atoms with Crippen molar-refractivity contribution < 1.29 is 27.8 Å². The van der Waals surface area contributed by atoms with E-state index >= 15 is 0 Å². The van der Waals surface area contributed by atoms with E-state index in [0.29, 0.717) is 6.42 Å². The van der Waals surface area contributed by atoms with Crippen molar-refractivity contribution >= 4 is 16.0 Å². The number of hydrogen-bond acceptors (Lipinski definition) is 4. The molecule has 0 saturated carbocycles. The van der Waals surface area contributed by atoms with Gasteiger partial charge in [0.1, 0.15) is 5.82 Å². The molecule has 0 aliphatic carbocycles. The van der Waals surface area contributed by atoms with E-state index in [4.69, 9.17) is 10.2 Å². The van der Waals surface area contributed by atoms with Gasteiger partial charge in [-0.1, -0.05) is 6.92 Å². The Labute approximate surface area is 109 Å². The molecule has 0 saturated heterocycles. The van der Waals surface area contributed by atoms with Crippen LogP contribution < -0.4 is 4.72 Å². The van der Waals surface area contributed by atoms with Crippen LogP contribution >= 0.6 is 0 Å². The quantitative estimate of drug-likeness (QED) is 0.711. The maximum absolute atomic E-state index is 13.2. The van der Waals surface area contributed by atoms with E-state index in [1.165, 1.54) is 0 Å². The lowest BCUT2D eigenvalue weighted by Crippen LogP contribution is -2.37. The third-order valence-electron chi connectivity index (χ3n) is 2.51. The number of benzene rings is 1. The van der Waals surface area contributed by atoms with E-state index in [2.05, 4.69) is 4.72 Å². The summed E-state index contributed by atoms with van der Waals surface area (Å²) < 4.78 is 39.2. The number of hydrogen-bond donors (Lipinski definition) is 3. The van der Waals surface area contributed by atoms with Gasteiger partial charge in [-0.25, -0.2) is 22.3 Å². The van der Waals surface area contributed by atoms with E-state index in [-0.39, 0.29) is 11.5 Å². The van der Waals surface area contributed by atoms with Gasteiger partial charge in [-0.3, -0.25) is 0 Å². The van der Waals surface area contributed by atoms with Gasteiger partial charge in [0.15, 0.2) is 0 Å². The summed E-state index contributed by atoms with van der Waals surface area (Å²) in [5.41, 5.74) is -0.722. The first-order valence-corrected chi connectivity index (χ1v) is 6.96. The fourth-order valence-corrected chi connectivity index (χ4v) is 2.71. The number of aliphatic hydroxyl groups excluding tert-OH is 1. The molecule has 1 aromatic rings. The Kier molecular flexibility index (Phi) is 4.98. The Bertz CT molecular complexity index is 568. The molecule has 0 aliphatic rings. The molecule has 106 valence electrons. The fraction of sp³-hybridized carbons (Fsp3) is 0.364. The Balaban J connectivity index is 3.15. The molecule has 8 heteroatoms. The number of aliphatic hydroxyl groups is 1. The van der Waals surface area contributed by atoms with Gasteiger partial charge in [0, 0.05) is 6.04 Å². The standard InChI is InChI=1S/C11H14FNO5S/c1-2-7(6-14)13-19(17,18)8-3-4-10(12)9(5-8)11(15)16/h3-5,7,13-14H,2,6H2,1H3,(H,15,16)/t7-/m1/s1. The van der Waals surface area contributed by atoms with Crippen LogP contribution in [0.2, 0.25) is 0 Å². The summed E-state index contributed by atoms with van der Waals surface area (Å²) in [6, 6.07) is 1.80. The zero-order chi connectivity index (χ0) is 14.6. The number of sulfonamides is 1. The van der Waals surface area contributed by atoms with Gasteiger partial charge >= 0.3 is 5.97 Å². The van der Waals surface area contributed by atoms with Crippen molar-refractivity contribution in [1.29, 1.82) is 0 Å². The smallest absolute Gasteiger partial charge is 0.338 e. The van der Waals surface area contributed by atoms with Crippen LogP contribution in [0.15, 0.2) is 23.1 Å². The molecule has 0 aliphatic heterocycles. The van der Waals surface area contributed by atoms with Crippen LogP contribution in [0, 0.1) is 5.82 Å². The summed E-state index contributed by atoms with van der Waals surface area (Å²) in [7, 11) is -4.00. The molecule has 1 atom stereocenters. The van der Waals surface area contributed by atoms with Crippen LogP contribution in [0.4, 0.5) is 4.39 Å². The normalized spacial score (nSPS) is 13.2. The van der Waals surface area contributed by atoms with Crippen molar-refractivity contribution in [2.24, 2.45) is 0 Å².